The number of H-pyrrole nitrogens is 1. The number of nitrogens with one attached hydrogen (secondary N) is 2. The molecule has 0 bridgehead atoms. The van der Waals surface area contributed by atoms with Crippen molar-refractivity contribution in [2.75, 3.05) is 0 Å². The van der Waals surface area contributed by atoms with Crippen LogP contribution in [0.3, 0.4) is 0 Å². The standard InChI is InChI=1S/C18H24N2/c1-17(2)12-15-16(13-8-4-5-9-14(13)19-15)18(20-17)10-6-3-7-11-18/h4-5,8-9,19-20H,3,6-7,10-12H2,1-2H3. The molecule has 1 fully saturated rings. The highest BCUT2D eigenvalue weighted by Gasteiger charge is 2.45. The van der Waals surface area contributed by atoms with Crippen LogP contribution in [0.25, 0.3) is 10.9 Å². The van der Waals surface area contributed by atoms with Crippen LogP contribution in [-0.4, -0.2) is 10.5 Å². The van der Waals surface area contributed by atoms with E-state index in [-0.39, 0.29) is 11.1 Å². The van der Waals surface area contributed by atoms with Crippen LogP contribution in [0.4, 0.5) is 0 Å². The topological polar surface area (TPSA) is 27.8 Å². The molecule has 1 spiro atoms. The zero-order valence-corrected chi connectivity index (χ0v) is 12.6. The highest BCUT2D eigenvalue weighted by molar-refractivity contribution is 5.86. The summed E-state index contributed by atoms with van der Waals surface area (Å²) in [6, 6.07) is 8.82. The molecule has 2 heteroatoms. The number of aromatic nitrogens is 1. The molecular weight excluding hydrogens is 244 g/mol. The van der Waals surface area contributed by atoms with E-state index in [1.54, 1.807) is 5.56 Å². The zero-order chi connectivity index (χ0) is 13.8. The predicted octanol–water partition coefficient (Wildman–Crippen LogP) is 4.25. The van der Waals surface area contributed by atoms with Crippen molar-refractivity contribution in [3.8, 4) is 0 Å². The van der Waals surface area contributed by atoms with Gasteiger partial charge in [0.1, 0.15) is 0 Å². The summed E-state index contributed by atoms with van der Waals surface area (Å²) in [7, 11) is 0. The van der Waals surface area contributed by atoms with E-state index in [0.29, 0.717) is 0 Å². The molecule has 20 heavy (non-hydrogen) atoms. The van der Waals surface area contributed by atoms with Crippen molar-refractivity contribution >= 4 is 10.9 Å². The second-order valence-electron chi connectivity index (χ2n) is 7.35. The first-order valence-corrected chi connectivity index (χ1v) is 7.99. The third-order valence-electron chi connectivity index (χ3n) is 5.17. The van der Waals surface area contributed by atoms with Gasteiger partial charge in [0, 0.05) is 39.7 Å². The highest BCUT2D eigenvalue weighted by atomic mass is 15.1. The third-order valence-corrected chi connectivity index (χ3v) is 5.17. The first kappa shape index (κ1) is 12.5. The molecule has 0 amide bonds. The average molecular weight is 268 g/mol. The number of hydrogen-bond acceptors (Lipinski definition) is 1. The minimum Gasteiger partial charge on any atom is -0.358 e. The summed E-state index contributed by atoms with van der Waals surface area (Å²) in [6.45, 7) is 4.69. The minimum absolute atomic E-state index is 0.186. The van der Waals surface area contributed by atoms with E-state index in [0.717, 1.165) is 6.42 Å². The van der Waals surface area contributed by atoms with Crippen LogP contribution >= 0.6 is 0 Å². The number of hydrogen-bond donors (Lipinski definition) is 2. The summed E-state index contributed by atoms with van der Waals surface area (Å²) in [6.07, 6.45) is 7.75. The van der Waals surface area contributed by atoms with Crippen LogP contribution in [0, 0.1) is 0 Å². The van der Waals surface area contributed by atoms with Crippen molar-refractivity contribution in [3.63, 3.8) is 0 Å². The summed E-state index contributed by atoms with van der Waals surface area (Å²) in [5, 5.41) is 5.46. The first-order chi connectivity index (χ1) is 9.60. The van der Waals surface area contributed by atoms with Gasteiger partial charge >= 0.3 is 0 Å². The lowest BCUT2D eigenvalue weighted by atomic mass is 9.70. The zero-order valence-electron chi connectivity index (χ0n) is 12.6. The molecule has 4 rings (SSSR count). The van der Waals surface area contributed by atoms with E-state index in [4.69, 9.17) is 0 Å². The molecule has 1 aliphatic carbocycles. The molecule has 1 saturated carbocycles. The number of aromatic amines is 1. The van der Waals surface area contributed by atoms with Crippen molar-refractivity contribution in [2.24, 2.45) is 0 Å². The molecule has 2 aliphatic rings. The van der Waals surface area contributed by atoms with E-state index in [1.165, 1.54) is 48.7 Å². The summed E-state index contributed by atoms with van der Waals surface area (Å²) in [4.78, 5) is 3.70. The first-order valence-electron chi connectivity index (χ1n) is 7.99. The number of fused-ring (bicyclic) bond motifs is 4. The number of para-hydroxylation sites is 1. The molecule has 2 heterocycles. The van der Waals surface area contributed by atoms with Crippen LogP contribution in [0.15, 0.2) is 24.3 Å². The average Bonchev–Trinajstić information content (AvgIpc) is 2.76. The summed E-state index contributed by atoms with van der Waals surface area (Å²) >= 11 is 0. The van der Waals surface area contributed by atoms with E-state index < -0.39 is 0 Å². The van der Waals surface area contributed by atoms with Gasteiger partial charge in [0.15, 0.2) is 0 Å². The smallest absolute Gasteiger partial charge is 0.0462 e. The summed E-state index contributed by atoms with van der Waals surface area (Å²) in [5.74, 6) is 0. The normalized spacial score (nSPS) is 23.9. The summed E-state index contributed by atoms with van der Waals surface area (Å²) < 4.78 is 0. The molecule has 2 nitrogen and oxygen atoms in total. The maximum Gasteiger partial charge on any atom is 0.0462 e. The van der Waals surface area contributed by atoms with Crippen molar-refractivity contribution in [1.82, 2.24) is 10.3 Å². The second-order valence-corrected chi connectivity index (χ2v) is 7.35. The van der Waals surface area contributed by atoms with Gasteiger partial charge in [-0.05, 0) is 32.8 Å². The second kappa shape index (κ2) is 4.11. The van der Waals surface area contributed by atoms with Crippen LogP contribution < -0.4 is 5.32 Å². The lowest BCUT2D eigenvalue weighted by Crippen LogP contribution is -2.58. The van der Waals surface area contributed by atoms with Crippen LogP contribution in [0.1, 0.15) is 57.2 Å². The molecule has 0 atom stereocenters. The monoisotopic (exact) mass is 268 g/mol. The Labute approximate surface area is 121 Å². The van der Waals surface area contributed by atoms with Gasteiger partial charge in [-0.3, -0.25) is 0 Å². The van der Waals surface area contributed by atoms with E-state index in [9.17, 15) is 0 Å². The molecular formula is C18H24N2. The van der Waals surface area contributed by atoms with E-state index in [1.807, 2.05) is 0 Å². The lowest BCUT2D eigenvalue weighted by molar-refractivity contribution is 0.154. The van der Waals surface area contributed by atoms with Crippen LogP contribution in [0.2, 0.25) is 0 Å². The van der Waals surface area contributed by atoms with E-state index in [2.05, 4.69) is 48.4 Å². The van der Waals surface area contributed by atoms with Crippen molar-refractivity contribution in [1.29, 1.82) is 0 Å². The van der Waals surface area contributed by atoms with Gasteiger partial charge in [0.05, 0.1) is 0 Å². The predicted molar refractivity (Wildman–Crippen MR) is 84.0 cm³/mol. The number of benzene rings is 1. The van der Waals surface area contributed by atoms with Gasteiger partial charge in [-0.1, -0.05) is 37.5 Å². The van der Waals surface area contributed by atoms with Gasteiger partial charge in [-0.15, -0.1) is 0 Å². The van der Waals surface area contributed by atoms with Gasteiger partial charge in [0.2, 0.25) is 0 Å². The van der Waals surface area contributed by atoms with Gasteiger partial charge in [-0.2, -0.15) is 0 Å². The molecule has 0 unspecified atom stereocenters. The van der Waals surface area contributed by atoms with Crippen LogP contribution in [-0.2, 0) is 12.0 Å². The van der Waals surface area contributed by atoms with Crippen molar-refractivity contribution in [3.05, 3.63) is 35.5 Å². The molecule has 0 saturated heterocycles. The van der Waals surface area contributed by atoms with Crippen molar-refractivity contribution < 1.29 is 0 Å². The Morgan fingerprint density at radius 2 is 1.75 bits per heavy atom. The fraction of sp³-hybridized carbons (Fsp3) is 0.556. The Morgan fingerprint density at radius 1 is 1.00 bits per heavy atom. The largest absolute Gasteiger partial charge is 0.358 e. The molecule has 106 valence electrons. The van der Waals surface area contributed by atoms with Crippen molar-refractivity contribution in [2.45, 2.75) is 63.5 Å². The fourth-order valence-corrected chi connectivity index (χ4v) is 4.60. The SMILES string of the molecule is CC1(C)Cc2[nH]c3ccccc3c2C2(CCCCC2)N1. The Bertz CT molecular complexity index is 644. The quantitative estimate of drug-likeness (QED) is 0.734. The summed E-state index contributed by atoms with van der Waals surface area (Å²) in [5.41, 5.74) is 4.74. The maximum atomic E-state index is 4.02. The Hall–Kier alpha value is -1.28. The van der Waals surface area contributed by atoms with Gasteiger partial charge in [0.25, 0.3) is 0 Å². The molecule has 0 radical (unpaired) electrons. The third kappa shape index (κ3) is 1.74. The van der Waals surface area contributed by atoms with Crippen LogP contribution in [0.5, 0.6) is 0 Å². The fourth-order valence-electron chi connectivity index (χ4n) is 4.60. The van der Waals surface area contributed by atoms with Gasteiger partial charge in [-0.25, -0.2) is 0 Å². The molecule has 1 aliphatic heterocycles. The Morgan fingerprint density at radius 3 is 2.55 bits per heavy atom. The molecule has 2 aromatic rings. The molecule has 1 aromatic carbocycles. The Balaban J connectivity index is 1.97. The number of rotatable bonds is 0. The molecule has 2 N–H and O–H groups in total. The van der Waals surface area contributed by atoms with E-state index >= 15 is 0 Å². The Kier molecular flexibility index (Phi) is 2.56. The van der Waals surface area contributed by atoms with Gasteiger partial charge < -0.3 is 10.3 Å². The minimum atomic E-state index is 0.186. The highest BCUT2D eigenvalue weighted by Crippen LogP contribution is 2.46. The lowest BCUT2D eigenvalue weighted by Gasteiger charge is -2.49. The maximum absolute atomic E-state index is 4.02. The molecule has 1 aromatic heterocycles.